The maximum Gasteiger partial charge on any atom is 0.0589 e. The first-order valence-electron chi connectivity index (χ1n) is 6.74. The molecule has 2 saturated heterocycles. The molecule has 0 aromatic heterocycles. The second kappa shape index (κ2) is 5.91. The fourth-order valence-corrected chi connectivity index (χ4v) is 3.60. The van der Waals surface area contributed by atoms with E-state index in [0.717, 1.165) is 44.9 Å². The van der Waals surface area contributed by atoms with Crippen molar-refractivity contribution in [1.29, 1.82) is 0 Å². The molecule has 0 aliphatic carbocycles. The molecule has 0 amide bonds. The molecule has 0 saturated carbocycles. The van der Waals surface area contributed by atoms with Crippen LogP contribution in [0.5, 0.6) is 0 Å². The fourth-order valence-electron chi connectivity index (χ4n) is 3.18. The molecule has 3 nitrogen and oxygen atoms in total. The molecule has 2 atom stereocenters. The number of hydrogen-bond donors (Lipinski definition) is 2. The lowest BCUT2D eigenvalue weighted by molar-refractivity contribution is -0.000252. The number of aliphatic hydroxyl groups excluding tert-OH is 1. The molecule has 2 rings (SSSR count). The van der Waals surface area contributed by atoms with Crippen molar-refractivity contribution in [1.82, 2.24) is 4.90 Å². The first-order valence-corrected chi connectivity index (χ1v) is 7.37. The predicted molar refractivity (Wildman–Crippen MR) is 72.6 cm³/mol. The predicted octanol–water partition coefficient (Wildman–Crippen LogP) is 1.42. The van der Waals surface area contributed by atoms with E-state index >= 15 is 0 Å². The van der Waals surface area contributed by atoms with Gasteiger partial charge in [0.25, 0.3) is 0 Å². The SMILES string of the molecule is CC1CCN(CC2(CS)CCOCC2)C1CO. The molecular formula is C13H25NO2S. The lowest BCUT2D eigenvalue weighted by Crippen LogP contribution is -2.46. The van der Waals surface area contributed by atoms with Crippen molar-refractivity contribution < 1.29 is 9.84 Å². The number of ether oxygens (including phenoxy) is 1. The van der Waals surface area contributed by atoms with E-state index in [-0.39, 0.29) is 0 Å². The van der Waals surface area contributed by atoms with Gasteiger partial charge in [-0.2, -0.15) is 12.6 Å². The van der Waals surface area contributed by atoms with E-state index in [1.54, 1.807) is 0 Å². The molecule has 2 unspecified atom stereocenters. The van der Waals surface area contributed by atoms with E-state index in [0.29, 0.717) is 24.0 Å². The molecule has 2 fully saturated rings. The molecule has 4 heteroatoms. The van der Waals surface area contributed by atoms with Crippen LogP contribution in [0.4, 0.5) is 0 Å². The van der Waals surface area contributed by atoms with Gasteiger partial charge in [-0.15, -0.1) is 0 Å². The average Bonchev–Trinajstić information content (AvgIpc) is 2.71. The van der Waals surface area contributed by atoms with Crippen LogP contribution in [0.15, 0.2) is 0 Å². The van der Waals surface area contributed by atoms with Gasteiger partial charge in [-0.25, -0.2) is 0 Å². The van der Waals surface area contributed by atoms with Gasteiger partial charge in [0, 0.05) is 25.8 Å². The van der Waals surface area contributed by atoms with Crippen molar-refractivity contribution in [2.24, 2.45) is 11.3 Å². The molecule has 1 N–H and O–H groups in total. The molecule has 0 bridgehead atoms. The van der Waals surface area contributed by atoms with Crippen LogP contribution < -0.4 is 0 Å². The number of rotatable bonds is 4. The second-order valence-electron chi connectivity index (χ2n) is 5.76. The van der Waals surface area contributed by atoms with Gasteiger partial charge >= 0.3 is 0 Å². The van der Waals surface area contributed by atoms with E-state index in [9.17, 15) is 5.11 Å². The smallest absolute Gasteiger partial charge is 0.0589 e. The standard InChI is InChI=1S/C13H25NO2S/c1-11-2-5-14(12(11)8-15)9-13(10-17)3-6-16-7-4-13/h11-12,15,17H,2-10H2,1H3. The van der Waals surface area contributed by atoms with Crippen LogP contribution in [0.2, 0.25) is 0 Å². The number of nitrogens with zero attached hydrogens (tertiary/aromatic N) is 1. The minimum atomic E-state index is 0.292. The Morgan fingerprint density at radius 3 is 2.71 bits per heavy atom. The van der Waals surface area contributed by atoms with Gasteiger partial charge in [0.1, 0.15) is 0 Å². The summed E-state index contributed by atoms with van der Waals surface area (Å²) >= 11 is 4.56. The van der Waals surface area contributed by atoms with Gasteiger partial charge in [-0.1, -0.05) is 6.92 Å². The number of hydrogen-bond acceptors (Lipinski definition) is 4. The van der Waals surface area contributed by atoms with Crippen LogP contribution in [0.25, 0.3) is 0 Å². The summed E-state index contributed by atoms with van der Waals surface area (Å²) in [6, 6.07) is 0.356. The summed E-state index contributed by atoms with van der Waals surface area (Å²) in [5.41, 5.74) is 0.304. The number of likely N-dealkylation sites (tertiary alicyclic amines) is 1. The van der Waals surface area contributed by atoms with Gasteiger partial charge in [0.2, 0.25) is 0 Å². The third-order valence-corrected chi connectivity index (χ3v) is 5.28. The maximum atomic E-state index is 9.51. The molecule has 0 aromatic carbocycles. The third kappa shape index (κ3) is 2.98. The first kappa shape index (κ1) is 13.7. The molecule has 2 aliphatic rings. The fraction of sp³-hybridized carbons (Fsp3) is 1.00. The van der Waals surface area contributed by atoms with Gasteiger partial charge in [-0.3, -0.25) is 4.90 Å². The Morgan fingerprint density at radius 1 is 1.41 bits per heavy atom. The monoisotopic (exact) mass is 259 g/mol. The van der Waals surface area contributed by atoms with Crippen molar-refractivity contribution in [3.05, 3.63) is 0 Å². The van der Waals surface area contributed by atoms with Gasteiger partial charge < -0.3 is 9.84 Å². The summed E-state index contributed by atoms with van der Waals surface area (Å²) < 4.78 is 5.46. The van der Waals surface area contributed by atoms with Crippen LogP contribution in [0.3, 0.4) is 0 Å². The third-order valence-electron chi connectivity index (χ3n) is 4.61. The molecule has 0 spiro atoms. The minimum Gasteiger partial charge on any atom is -0.395 e. The van der Waals surface area contributed by atoms with Gasteiger partial charge in [-0.05, 0) is 42.9 Å². The Hall–Kier alpha value is 0.230. The van der Waals surface area contributed by atoms with E-state index in [4.69, 9.17) is 4.74 Å². The largest absolute Gasteiger partial charge is 0.395 e. The topological polar surface area (TPSA) is 32.7 Å². The highest BCUT2D eigenvalue weighted by Gasteiger charge is 2.38. The lowest BCUT2D eigenvalue weighted by atomic mass is 9.81. The van der Waals surface area contributed by atoms with E-state index in [2.05, 4.69) is 24.5 Å². The Bertz CT molecular complexity index is 244. The quantitative estimate of drug-likeness (QED) is 0.749. The van der Waals surface area contributed by atoms with E-state index in [1.165, 1.54) is 6.42 Å². The van der Waals surface area contributed by atoms with Crippen molar-refractivity contribution in [3.8, 4) is 0 Å². The molecule has 17 heavy (non-hydrogen) atoms. The zero-order valence-corrected chi connectivity index (χ0v) is 11.7. The summed E-state index contributed by atoms with van der Waals surface area (Å²) in [7, 11) is 0. The molecular weight excluding hydrogens is 234 g/mol. The lowest BCUT2D eigenvalue weighted by Gasteiger charge is -2.40. The highest BCUT2D eigenvalue weighted by atomic mass is 32.1. The van der Waals surface area contributed by atoms with Gasteiger partial charge in [0.05, 0.1) is 6.61 Å². The van der Waals surface area contributed by atoms with Crippen LogP contribution in [-0.4, -0.2) is 54.7 Å². The molecule has 2 aliphatic heterocycles. The molecule has 0 aromatic rings. The maximum absolute atomic E-state index is 9.51. The summed E-state index contributed by atoms with van der Waals surface area (Å²) in [6.07, 6.45) is 3.43. The zero-order chi connectivity index (χ0) is 12.3. The number of thiol groups is 1. The molecule has 2 heterocycles. The summed E-state index contributed by atoms with van der Waals surface area (Å²) in [4.78, 5) is 2.48. The Morgan fingerprint density at radius 2 is 2.12 bits per heavy atom. The van der Waals surface area contributed by atoms with E-state index < -0.39 is 0 Å². The molecule has 0 radical (unpaired) electrons. The van der Waals surface area contributed by atoms with E-state index in [1.807, 2.05) is 0 Å². The Labute approximate surface area is 110 Å². The van der Waals surface area contributed by atoms with Gasteiger partial charge in [0.15, 0.2) is 0 Å². The normalized spacial score (nSPS) is 34.1. The minimum absolute atomic E-state index is 0.292. The van der Waals surface area contributed by atoms with Crippen LogP contribution in [-0.2, 0) is 4.74 Å². The average molecular weight is 259 g/mol. The van der Waals surface area contributed by atoms with Crippen LogP contribution >= 0.6 is 12.6 Å². The highest BCUT2D eigenvalue weighted by Crippen LogP contribution is 2.35. The van der Waals surface area contributed by atoms with Crippen molar-refractivity contribution >= 4 is 12.6 Å². The Balaban J connectivity index is 1.98. The molecule has 100 valence electrons. The number of aliphatic hydroxyl groups is 1. The van der Waals surface area contributed by atoms with Crippen molar-refractivity contribution in [2.45, 2.75) is 32.2 Å². The summed E-state index contributed by atoms with van der Waals surface area (Å²) in [5, 5.41) is 9.51. The van der Waals surface area contributed by atoms with Crippen LogP contribution in [0.1, 0.15) is 26.2 Å². The second-order valence-corrected chi connectivity index (χ2v) is 6.07. The first-order chi connectivity index (χ1) is 8.21. The zero-order valence-electron chi connectivity index (χ0n) is 10.8. The Kier molecular flexibility index (Phi) is 4.75. The van der Waals surface area contributed by atoms with Crippen molar-refractivity contribution in [2.75, 3.05) is 38.7 Å². The van der Waals surface area contributed by atoms with Crippen molar-refractivity contribution in [3.63, 3.8) is 0 Å². The highest BCUT2D eigenvalue weighted by molar-refractivity contribution is 7.80. The summed E-state index contributed by atoms with van der Waals surface area (Å²) in [6.45, 7) is 6.48. The summed E-state index contributed by atoms with van der Waals surface area (Å²) in [5.74, 6) is 1.55. The van der Waals surface area contributed by atoms with Crippen LogP contribution in [0, 0.1) is 11.3 Å².